The summed E-state index contributed by atoms with van der Waals surface area (Å²) in [6, 6.07) is 8.20. The molecule has 0 atom stereocenters. The number of pyridine rings is 1. The maximum absolute atomic E-state index is 13.8. The average molecular weight is 314 g/mol. The summed E-state index contributed by atoms with van der Waals surface area (Å²) in [5, 5.41) is 0.0140. The summed E-state index contributed by atoms with van der Waals surface area (Å²) < 4.78 is 19.3. The van der Waals surface area contributed by atoms with Crippen molar-refractivity contribution in [3.63, 3.8) is 0 Å². The van der Waals surface area contributed by atoms with Crippen LogP contribution in [0.15, 0.2) is 30.3 Å². The molecule has 0 fully saturated rings. The molecular weight excluding hydrogens is 300 g/mol. The van der Waals surface area contributed by atoms with Crippen LogP contribution in [0, 0.1) is 5.82 Å². The SMILES string of the molecule is CC(C)c1cc(CCl)cc(Oc2cccc(Cl)c2F)n1. The van der Waals surface area contributed by atoms with Crippen molar-refractivity contribution >= 4 is 23.2 Å². The molecular formula is C15H14Cl2FNO. The van der Waals surface area contributed by atoms with E-state index in [9.17, 15) is 4.39 Å². The fraction of sp³-hybridized carbons (Fsp3) is 0.267. The summed E-state index contributed by atoms with van der Waals surface area (Å²) in [5.41, 5.74) is 1.73. The molecule has 1 aromatic heterocycles. The normalized spacial score (nSPS) is 10.9. The van der Waals surface area contributed by atoms with E-state index in [-0.39, 0.29) is 16.7 Å². The Morgan fingerprint density at radius 3 is 2.70 bits per heavy atom. The second-order valence-corrected chi connectivity index (χ2v) is 5.36. The number of ether oxygens (including phenoxy) is 1. The predicted molar refractivity (Wildman–Crippen MR) is 79.4 cm³/mol. The van der Waals surface area contributed by atoms with Crippen LogP contribution in [-0.4, -0.2) is 4.98 Å². The summed E-state index contributed by atoms with van der Waals surface area (Å²) >= 11 is 11.6. The van der Waals surface area contributed by atoms with Gasteiger partial charge in [-0.2, -0.15) is 0 Å². The summed E-state index contributed by atoms with van der Waals surface area (Å²) in [6.07, 6.45) is 0. The highest BCUT2D eigenvalue weighted by molar-refractivity contribution is 6.30. The fourth-order valence-corrected chi connectivity index (χ4v) is 2.00. The second kappa shape index (κ2) is 6.42. The molecule has 2 aromatic rings. The van der Waals surface area contributed by atoms with Crippen LogP contribution in [0.4, 0.5) is 4.39 Å². The molecule has 1 aromatic carbocycles. The van der Waals surface area contributed by atoms with Crippen LogP contribution in [0.3, 0.4) is 0 Å². The van der Waals surface area contributed by atoms with Gasteiger partial charge in [-0.3, -0.25) is 0 Å². The van der Waals surface area contributed by atoms with Crippen LogP contribution in [0.1, 0.15) is 31.0 Å². The third-order valence-electron chi connectivity index (χ3n) is 2.76. The van der Waals surface area contributed by atoms with Crippen LogP contribution in [0.5, 0.6) is 11.6 Å². The van der Waals surface area contributed by atoms with Crippen LogP contribution in [0.2, 0.25) is 5.02 Å². The first kappa shape index (κ1) is 15.1. The van der Waals surface area contributed by atoms with Crippen LogP contribution >= 0.6 is 23.2 Å². The molecule has 0 unspecified atom stereocenters. The largest absolute Gasteiger partial charge is 0.436 e. The van der Waals surface area contributed by atoms with Gasteiger partial charge in [-0.05, 0) is 29.7 Å². The molecule has 2 rings (SSSR count). The summed E-state index contributed by atoms with van der Waals surface area (Å²) in [5.74, 6) is 0.332. The zero-order valence-corrected chi connectivity index (χ0v) is 12.7. The van der Waals surface area contributed by atoms with Gasteiger partial charge >= 0.3 is 0 Å². The summed E-state index contributed by atoms with van der Waals surface area (Å²) in [6.45, 7) is 4.04. The van der Waals surface area contributed by atoms with E-state index in [1.54, 1.807) is 12.1 Å². The maximum atomic E-state index is 13.8. The molecule has 5 heteroatoms. The molecule has 0 spiro atoms. The Balaban J connectivity index is 2.37. The molecule has 20 heavy (non-hydrogen) atoms. The molecule has 0 aliphatic heterocycles. The smallest absolute Gasteiger partial charge is 0.219 e. The zero-order valence-electron chi connectivity index (χ0n) is 11.2. The van der Waals surface area contributed by atoms with Crippen molar-refractivity contribution in [2.45, 2.75) is 25.6 Å². The first-order valence-corrected chi connectivity index (χ1v) is 7.11. The Kier molecular flexibility index (Phi) is 4.84. The topological polar surface area (TPSA) is 22.1 Å². The number of alkyl halides is 1. The lowest BCUT2D eigenvalue weighted by molar-refractivity contribution is 0.425. The number of rotatable bonds is 4. The fourth-order valence-electron chi connectivity index (χ4n) is 1.68. The molecule has 0 amide bonds. The van der Waals surface area contributed by atoms with Gasteiger partial charge in [-0.1, -0.05) is 31.5 Å². The van der Waals surface area contributed by atoms with E-state index < -0.39 is 5.82 Å². The van der Waals surface area contributed by atoms with Crippen LogP contribution < -0.4 is 4.74 Å². The Morgan fingerprint density at radius 2 is 2.05 bits per heavy atom. The molecule has 1 heterocycles. The number of hydrogen-bond acceptors (Lipinski definition) is 2. The van der Waals surface area contributed by atoms with Crippen molar-refractivity contribution in [2.75, 3.05) is 0 Å². The quantitative estimate of drug-likeness (QED) is 0.692. The highest BCUT2D eigenvalue weighted by atomic mass is 35.5. The highest BCUT2D eigenvalue weighted by Gasteiger charge is 2.11. The molecule has 0 bridgehead atoms. The Labute approximate surface area is 127 Å². The average Bonchev–Trinajstić information content (AvgIpc) is 2.43. The monoisotopic (exact) mass is 313 g/mol. The van der Waals surface area contributed by atoms with Gasteiger partial charge in [0.1, 0.15) is 0 Å². The van der Waals surface area contributed by atoms with Crippen molar-refractivity contribution in [3.8, 4) is 11.6 Å². The molecule has 0 saturated heterocycles. The van der Waals surface area contributed by atoms with E-state index in [4.69, 9.17) is 27.9 Å². The van der Waals surface area contributed by atoms with Crippen LogP contribution in [0.25, 0.3) is 0 Å². The van der Waals surface area contributed by atoms with Crippen molar-refractivity contribution < 1.29 is 9.13 Å². The number of benzene rings is 1. The second-order valence-electron chi connectivity index (χ2n) is 4.68. The molecule has 0 saturated carbocycles. The lowest BCUT2D eigenvalue weighted by Crippen LogP contribution is -1.98. The lowest BCUT2D eigenvalue weighted by atomic mass is 10.1. The number of aromatic nitrogens is 1. The minimum absolute atomic E-state index is 0.0140. The Hall–Kier alpha value is -1.32. The number of halogens is 3. The van der Waals surface area contributed by atoms with Gasteiger partial charge in [0.2, 0.25) is 5.88 Å². The van der Waals surface area contributed by atoms with E-state index >= 15 is 0 Å². The summed E-state index contributed by atoms with van der Waals surface area (Å²) in [4.78, 5) is 4.36. The molecule has 2 nitrogen and oxygen atoms in total. The van der Waals surface area contributed by atoms with Crippen molar-refractivity contribution in [2.24, 2.45) is 0 Å². The maximum Gasteiger partial charge on any atom is 0.219 e. The molecule has 0 N–H and O–H groups in total. The van der Waals surface area contributed by atoms with Gasteiger partial charge in [-0.25, -0.2) is 9.37 Å². The van der Waals surface area contributed by atoms with Crippen molar-refractivity contribution in [1.29, 1.82) is 0 Å². The first-order chi connectivity index (χ1) is 9.51. The van der Waals surface area contributed by atoms with E-state index in [0.29, 0.717) is 11.8 Å². The van der Waals surface area contributed by atoms with Gasteiger partial charge < -0.3 is 4.74 Å². The minimum atomic E-state index is -0.599. The number of hydrogen-bond donors (Lipinski definition) is 0. The lowest BCUT2D eigenvalue weighted by Gasteiger charge is -2.11. The van der Waals surface area contributed by atoms with Crippen molar-refractivity contribution in [3.05, 3.63) is 52.4 Å². The van der Waals surface area contributed by atoms with Gasteiger partial charge in [0.05, 0.1) is 5.02 Å². The first-order valence-electron chi connectivity index (χ1n) is 6.20. The third-order valence-corrected chi connectivity index (χ3v) is 3.36. The standard InChI is InChI=1S/C15H14Cl2FNO/c1-9(2)12-6-10(8-16)7-14(19-12)20-13-5-3-4-11(17)15(13)18/h3-7,9H,8H2,1-2H3. The van der Waals surface area contributed by atoms with Gasteiger partial charge in [0, 0.05) is 17.6 Å². The predicted octanol–water partition coefficient (Wildman–Crippen LogP) is 5.53. The van der Waals surface area contributed by atoms with Gasteiger partial charge in [0.15, 0.2) is 11.6 Å². The van der Waals surface area contributed by atoms with E-state index in [0.717, 1.165) is 11.3 Å². The molecule has 0 aliphatic carbocycles. The van der Waals surface area contributed by atoms with E-state index in [1.807, 2.05) is 19.9 Å². The third kappa shape index (κ3) is 3.41. The molecule has 0 radical (unpaired) electrons. The van der Waals surface area contributed by atoms with Gasteiger partial charge in [0.25, 0.3) is 0 Å². The van der Waals surface area contributed by atoms with E-state index in [2.05, 4.69) is 4.98 Å². The molecule has 106 valence electrons. The highest BCUT2D eigenvalue weighted by Crippen LogP contribution is 2.29. The summed E-state index contributed by atoms with van der Waals surface area (Å²) in [7, 11) is 0. The Bertz CT molecular complexity index is 617. The van der Waals surface area contributed by atoms with Gasteiger partial charge in [-0.15, -0.1) is 11.6 Å². The Morgan fingerprint density at radius 1 is 1.30 bits per heavy atom. The van der Waals surface area contributed by atoms with E-state index in [1.165, 1.54) is 12.1 Å². The molecule has 0 aliphatic rings. The number of nitrogens with zero attached hydrogens (tertiary/aromatic N) is 1. The van der Waals surface area contributed by atoms with Crippen molar-refractivity contribution in [1.82, 2.24) is 4.98 Å². The van der Waals surface area contributed by atoms with Crippen LogP contribution in [-0.2, 0) is 5.88 Å². The zero-order chi connectivity index (χ0) is 14.7. The minimum Gasteiger partial charge on any atom is -0.436 e.